The molecule has 0 bridgehead atoms. The molecular formula is C11H11ClFNOS. The summed E-state index contributed by atoms with van der Waals surface area (Å²) < 4.78 is 12.9. The monoisotopic (exact) mass is 259 g/mol. The number of hydrogen-bond donors (Lipinski definition) is 1. The largest absolute Gasteiger partial charge is 0.326 e. The van der Waals surface area contributed by atoms with Gasteiger partial charge in [-0.1, -0.05) is 11.6 Å². The van der Waals surface area contributed by atoms with E-state index < -0.39 is 5.82 Å². The molecular weight excluding hydrogens is 249 g/mol. The third kappa shape index (κ3) is 2.68. The van der Waals surface area contributed by atoms with Crippen molar-refractivity contribution in [3.63, 3.8) is 0 Å². The minimum absolute atomic E-state index is 0.00678. The van der Waals surface area contributed by atoms with Gasteiger partial charge in [-0.05, 0) is 30.4 Å². The fourth-order valence-corrected chi connectivity index (χ4v) is 2.96. The van der Waals surface area contributed by atoms with E-state index in [1.54, 1.807) is 11.8 Å². The van der Waals surface area contributed by atoms with Crippen LogP contribution in [-0.2, 0) is 4.79 Å². The van der Waals surface area contributed by atoms with E-state index in [0.29, 0.717) is 5.69 Å². The van der Waals surface area contributed by atoms with Crippen LogP contribution in [0.15, 0.2) is 18.2 Å². The van der Waals surface area contributed by atoms with Crippen LogP contribution in [0.2, 0.25) is 5.02 Å². The van der Waals surface area contributed by atoms with E-state index in [0.717, 1.165) is 17.9 Å². The summed E-state index contributed by atoms with van der Waals surface area (Å²) in [6.07, 6.45) is 0.908. The van der Waals surface area contributed by atoms with Crippen molar-refractivity contribution in [2.24, 2.45) is 5.92 Å². The van der Waals surface area contributed by atoms with Gasteiger partial charge in [0.1, 0.15) is 5.82 Å². The Bertz CT molecular complexity index is 407. The Kier molecular flexibility index (Phi) is 3.71. The second kappa shape index (κ2) is 5.06. The maximum absolute atomic E-state index is 12.9. The first-order valence-corrected chi connectivity index (χ1v) is 6.54. The normalized spacial score (nSPS) is 19.8. The van der Waals surface area contributed by atoms with E-state index in [4.69, 9.17) is 11.6 Å². The predicted octanol–water partition coefficient (Wildman–Crippen LogP) is 3.17. The average molecular weight is 260 g/mol. The molecule has 1 aliphatic rings. The maximum atomic E-state index is 12.9. The van der Waals surface area contributed by atoms with E-state index in [9.17, 15) is 9.18 Å². The Morgan fingerprint density at radius 2 is 2.38 bits per heavy atom. The molecule has 0 aromatic heterocycles. The Labute approximate surface area is 103 Å². The van der Waals surface area contributed by atoms with Crippen LogP contribution in [0.5, 0.6) is 0 Å². The van der Waals surface area contributed by atoms with E-state index >= 15 is 0 Å². The summed E-state index contributed by atoms with van der Waals surface area (Å²) in [4.78, 5) is 11.7. The summed E-state index contributed by atoms with van der Waals surface area (Å²) in [6, 6.07) is 4.19. The highest BCUT2D eigenvalue weighted by Gasteiger charge is 2.23. The predicted molar refractivity (Wildman–Crippen MR) is 65.5 cm³/mol. The molecule has 1 aromatic rings. The first-order chi connectivity index (χ1) is 7.66. The quantitative estimate of drug-likeness (QED) is 0.884. The number of halogens is 2. The van der Waals surface area contributed by atoms with Crippen molar-refractivity contribution in [2.75, 3.05) is 16.8 Å². The lowest BCUT2D eigenvalue weighted by atomic mass is 10.1. The van der Waals surface area contributed by atoms with Crippen molar-refractivity contribution in [3.05, 3.63) is 29.0 Å². The molecule has 5 heteroatoms. The molecule has 0 radical (unpaired) electrons. The highest BCUT2D eigenvalue weighted by atomic mass is 35.5. The summed E-state index contributed by atoms with van der Waals surface area (Å²) in [5, 5.41) is 2.77. The third-order valence-electron chi connectivity index (χ3n) is 2.49. The van der Waals surface area contributed by atoms with Crippen LogP contribution in [0, 0.1) is 11.7 Å². The Balaban J connectivity index is 2.02. The summed E-state index contributed by atoms with van der Waals surface area (Å²) in [6.45, 7) is 0. The van der Waals surface area contributed by atoms with E-state index in [1.807, 2.05) is 0 Å². The number of thioether (sulfide) groups is 1. The molecule has 0 aliphatic carbocycles. The topological polar surface area (TPSA) is 29.1 Å². The molecule has 1 atom stereocenters. The zero-order valence-corrected chi connectivity index (χ0v) is 10.1. The molecule has 2 nitrogen and oxygen atoms in total. The van der Waals surface area contributed by atoms with Crippen LogP contribution in [-0.4, -0.2) is 17.4 Å². The minimum Gasteiger partial charge on any atom is -0.326 e. The molecule has 2 rings (SSSR count). The number of rotatable bonds is 2. The molecule has 1 saturated heterocycles. The SMILES string of the molecule is O=C(Nc1ccc(F)c(Cl)c1)C1CCSC1. The molecule has 1 amide bonds. The van der Waals surface area contributed by atoms with Gasteiger partial charge in [0.15, 0.2) is 0 Å². The number of amides is 1. The number of hydrogen-bond acceptors (Lipinski definition) is 2. The standard InChI is InChI=1S/C11H11ClFNOS/c12-9-5-8(1-2-10(9)13)14-11(15)7-3-4-16-6-7/h1-2,5,7H,3-4,6H2,(H,14,15). The number of carbonyl (C=O) groups excluding carboxylic acids is 1. The van der Waals surface area contributed by atoms with Crippen LogP contribution in [0.3, 0.4) is 0 Å². The van der Waals surface area contributed by atoms with Crippen molar-refractivity contribution < 1.29 is 9.18 Å². The number of benzene rings is 1. The highest BCUT2D eigenvalue weighted by Crippen LogP contribution is 2.25. The van der Waals surface area contributed by atoms with Gasteiger partial charge in [0.25, 0.3) is 0 Å². The molecule has 1 aromatic carbocycles. The Morgan fingerprint density at radius 1 is 1.56 bits per heavy atom. The van der Waals surface area contributed by atoms with Gasteiger partial charge in [0.2, 0.25) is 5.91 Å². The average Bonchev–Trinajstić information content (AvgIpc) is 2.77. The molecule has 16 heavy (non-hydrogen) atoms. The summed E-state index contributed by atoms with van der Waals surface area (Å²) >= 11 is 7.41. The van der Waals surface area contributed by atoms with Crippen LogP contribution in [0.25, 0.3) is 0 Å². The zero-order chi connectivity index (χ0) is 11.5. The molecule has 1 heterocycles. The van der Waals surface area contributed by atoms with Gasteiger partial charge >= 0.3 is 0 Å². The number of carbonyl (C=O) groups is 1. The smallest absolute Gasteiger partial charge is 0.228 e. The molecule has 1 unspecified atom stereocenters. The van der Waals surface area contributed by atoms with Crippen LogP contribution in [0.4, 0.5) is 10.1 Å². The van der Waals surface area contributed by atoms with E-state index in [2.05, 4.69) is 5.32 Å². The third-order valence-corrected chi connectivity index (χ3v) is 3.94. The second-order valence-corrected chi connectivity index (χ2v) is 5.24. The molecule has 0 saturated carbocycles. The van der Waals surface area contributed by atoms with Crippen LogP contribution >= 0.6 is 23.4 Å². The fourth-order valence-electron chi connectivity index (χ4n) is 1.56. The lowest BCUT2D eigenvalue weighted by Crippen LogP contribution is -2.22. The first kappa shape index (κ1) is 11.7. The minimum atomic E-state index is -0.476. The van der Waals surface area contributed by atoms with Gasteiger partial charge in [0, 0.05) is 17.4 Å². The van der Waals surface area contributed by atoms with Gasteiger partial charge in [-0.2, -0.15) is 11.8 Å². The van der Waals surface area contributed by atoms with Crippen molar-refractivity contribution in [1.29, 1.82) is 0 Å². The van der Waals surface area contributed by atoms with E-state index in [-0.39, 0.29) is 16.8 Å². The number of anilines is 1. The first-order valence-electron chi connectivity index (χ1n) is 5.00. The molecule has 1 fully saturated rings. The maximum Gasteiger partial charge on any atom is 0.228 e. The summed E-state index contributed by atoms with van der Waals surface area (Å²) in [5.41, 5.74) is 0.549. The van der Waals surface area contributed by atoms with Crippen molar-refractivity contribution in [1.82, 2.24) is 0 Å². The molecule has 86 valence electrons. The lowest BCUT2D eigenvalue weighted by molar-refractivity contribution is -0.119. The molecule has 0 spiro atoms. The van der Waals surface area contributed by atoms with Crippen LogP contribution in [0.1, 0.15) is 6.42 Å². The van der Waals surface area contributed by atoms with Crippen LogP contribution < -0.4 is 5.32 Å². The van der Waals surface area contributed by atoms with Gasteiger partial charge < -0.3 is 5.32 Å². The summed E-state index contributed by atoms with van der Waals surface area (Å²) in [5.74, 6) is 1.47. The fraction of sp³-hybridized carbons (Fsp3) is 0.364. The van der Waals surface area contributed by atoms with Crippen molar-refractivity contribution in [3.8, 4) is 0 Å². The van der Waals surface area contributed by atoms with Gasteiger partial charge in [-0.3, -0.25) is 4.79 Å². The van der Waals surface area contributed by atoms with Gasteiger partial charge in [0.05, 0.1) is 5.02 Å². The van der Waals surface area contributed by atoms with Gasteiger partial charge in [-0.25, -0.2) is 4.39 Å². The molecule has 1 aliphatic heterocycles. The van der Waals surface area contributed by atoms with Crippen molar-refractivity contribution in [2.45, 2.75) is 6.42 Å². The zero-order valence-electron chi connectivity index (χ0n) is 8.50. The second-order valence-electron chi connectivity index (χ2n) is 3.68. The molecule has 1 N–H and O–H groups in total. The summed E-state index contributed by atoms with van der Waals surface area (Å²) in [7, 11) is 0. The van der Waals surface area contributed by atoms with Crippen molar-refractivity contribution >= 4 is 35.0 Å². The highest BCUT2D eigenvalue weighted by molar-refractivity contribution is 7.99. The lowest BCUT2D eigenvalue weighted by Gasteiger charge is -2.10. The van der Waals surface area contributed by atoms with E-state index in [1.165, 1.54) is 18.2 Å². The number of nitrogens with one attached hydrogen (secondary N) is 1. The Hall–Kier alpha value is -0.740. The Morgan fingerprint density at radius 3 is 3.00 bits per heavy atom. The van der Waals surface area contributed by atoms with Gasteiger partial charge in [-0.15, -0.1) is 0 Å².